The smallest absolute Gasteiger partial charge is 0.397 e. The molecule has 9 N–H and O–H groups in total. The molecule has 0 heterocycles. The third kappa shape index (κ3) is 15.7. The number of aliphatic hydroxyl groups is 1. The first-order valence-corrected chi connectivity index (χ1v) is 25.9. The number of carboxylic acids is 1. The molecule has 31 heteroatoms. The zero-order valence-electron chi connectivity index (χ0n) is 37.0. The van der Waals surface area contributed by atoms with Crippen LogP contribution in [0.3, 0.4) is 0 Å². The molecule has 5 rings (SSSR count). The van der Waals surface area contributed by atoms with Gasteiger partial charge in [0.2, 0.25) is 0 Å². The number of nitrogen functional groups attached to an aromatic ring is 2. The molecule has 0 amide bonds. The molecule has 0 aliphatic carbocycles. The normalized spacial score (nSPS) is 12.8. The summed E-state index contributed by atoms with van der Waals surface area (Å²) in [6, 6.07) is 17.7. The number of sulfone groups is 1. The number of carboxylic acid groups (broad SMARTS) is 1. The quantitative estimate of drug-likeness (QED) is 0.0142. The molecule has 27 nitrogen and oxygen atoms in total. The third-order valence-corrected chi connectivity index (χ3v) is 12.9. The van der Waals surface area contributed by atoms with E-state index in [0.29, 0.717) is 16.8 Å². The SMILES string of the molecule is Cc1ccc(N=Nc2c(N)c(N=Nc3ccc(S(=O)(=O)CCOS(=O)(=O)O)cc3)c(C(=O)O)c(N=Nc3cc(C)c(N=Nc4ccc(CCCOS(=O)(=O)O)cc4S(=O)(=O)O)cc3OCCO)c2N)cc1. The van der Waals surface area contributed by atoms with Crippen LogP contribution in [0.5, 0.6) is 5.75 Å². The van der Waals surface area contributed by atoms with Crippen LogP contribution in [0.2, 0.25) is 0 Å². The maximum Gasteiger partial charge on any atom is 0.397 e. The van der Waals surface area contributed by atoms with E-state index >= 15 is 0 Å². The average Bonchev–Trinajstić information content (AvgIpc) is 3.28. The van der Waals surface area contributed by atoms with Crippen LogP contribution in [0.15, 0.2) is 130 Å². The van der Waals surface area contributed by atoms with Crippen molar-refractivity contribution in [2.45, 2.75) is 36.5 Å². The molecule has 5 aromatic carbocycles. The largest absolute Gasteiger partial charge is 0.489 e. The van der Waals surface area contributed by atoms with Crippen molar-refractivity contribution >= 4 is 104 Å². The second kappa shape index (κ2) is 23.2. The number of hydrogen-bond acceptors (Lipinski definition) is 23. The van der Waals surface area contributed by atoms with Crippen molar-refractivity contribution in [1.82, 2.24) is 0 Å². The summed E-state index contributed by atoms with van der Waals surface area (Å²) in [6.45, 7) is 1.29. The molecule has 5 aromatic rings. The Morgan fingerprint density at radius 2 is 1.14 bits per heavy atom. The fourth-order valence-corrected chi connectivity index (χ4v) is 8.45. The van der Waals surface area contributed by atoms with Gasteiger partial charge in [0.1, 0.15) is 51.3 Å². The predicted octanol–water partition coefficient (Wildman–Crippen LogP) is 7.79. The van der Waals surface area contributed by atoms with Crippen LogP contribution >= 0.6 is 0 Å². The Bertz CT molecular complexity index is 3390. The van der Waals surface area contributed by atoms with E-state index in [1.54, 1.807) is 24.3 Å². The summed E-state index contributed by atoms with van der Waals surface area (Å²) in [6.07, 6.45) is 0.117. The zero-order valence-corrected chi connectivity index (χ0v) is 40.2. The topological polar surface area (TPSA) is 433 Å². The highest BCUT2D eigenvalue weighted by molar-refractivity contribution is 7.91. The number of aromatic carboxylic acids is 1. The summed E-state index contributed by atoms with van der Waals surface area (Å²) >= 11 is 0. The third-order valence-electron chi connectivity index (χ3n) is 9.35. The Kier molecular flexibility index (Phi) is 18.0. The highest BCUT2D eigenvalue weighted by Crippen LogP contribution is 2.50. The molecule has 0 aromatic heterocycles. The van der Waals surface area contributed by atoms with E-state index in [2.05, 4.69) is 49.3 Å². The number of azo groups is 4. The maximum absolute atomic E-state index is 13.0. The molecule has 71 heavy (non-hydrogen) atoms. The van der Waals surface area contributed by atoms with Gasteiger partial charge in [0, 0.05) is 6.07 Å². The number of nitrogens with two attached hydrogens (primary N) is 2. The Labute approximate surface area is 405 Å². The van der Waals surface area contributed by atoms with E-state index in [1.165, 1.54) is 43.3 Å². The van der Waals surface area contributed by atoms with E-state index < -0.39 is 106 Å². The monoisotopic (exact) mass is 1060 g/mol. The number of anilines is 2. The Morgan fingerprint density at radius 3 is 1.70 bits per heavy atom. The van der Waals surface area contributed by atoms with Gasteiger partial charge in [-0.05, 0) is 92.4 Å². The number of rotatable bonds is 23. The fourth-order valence-electron chi connectivity index (χ4n) is 5.96. The maximum atomic E-state index is 13.0. The van der Waals surface area contributed by atoms with Gasteiger partial charge in [-0.2, -0.15) is 40.6 Å². The first kappa shape index (κ1) is 54.9. The number of aliphatic hydroxyl groups excluding tert-OH is 1. The average molecular weight is 1060 g/mol. The van der Waals surface area contributed by atoms with E-state index in [1.807, 2.05) is 6.92 Å². The summed E-state index contributed by atoms with van der Waals surface area (Å²) in [5.41, 5.74) is 11.5. The molecule has 0 radical (unpaired) electrons. The van der Waals surface area contributed by atoms with Crippen LogP contribution < -0.4 is 16.2 Å². The van der Waals surface area contributed by atoms with Gasteiger partial charge >= 0.3 is 26.8 Å². The predicted molar refractivity (Wildman–Crippen MR) is 252 cm³/mol. The lowest BCUT2D eigenvalue weighted by Crippen LogP contribution is -2.15. The molecule has 0 aliphatic rings. The van der Waals surface area contributed by atoms with Crippen molar-refractivity contribution in [1.29, 1.82) is 0 Å². The lowest BCUT2D eigenvalue weighted by Gasteiger charge is -2.14. The Morgan fingerprint density at radius 1 is 0.606 bits per heavy atom. The number of hydrogen-bond donors (Lipinski definition) is 7. The minimum Gasteiger partial charge on any atom is -0.489 e. The number of nitrogens with zero attached hydrogens (tertiary/aromatic N) is 8. The summed E-state index contributed by atoms with van der Waals surface area (Å²) in [5, 5.41) is 53.1. The van der Waals surface area contributed by atoms with Crippen LogP contribution in [0.1, 0.15) is 33.5 Å². The standard InChI is InChI=1S/C40H42N10O17S4/c1-23-5-8-26(9-6-23)44-50-39-35(41)37(48-43-27-10-12-28(13-11-27)68(54,55)19-18-67-71(62,63)64)34(40(52)53)38(36(39)42)49-47-31-20-24(2)30(22-32(31)65-17-15-51)46-45-29-14-7-25(21-33(29)69(56,57)58)4-3-16-66-70(59,60)61/h5-14,20-22,51H,3-4,15-19,41-42H2,1-2H3,(H,52,53)(H,56,57,58)(H,59,60,61)(H,62,63,64). The molecule has 0 spiro atoms. The van der Waals surface area contributed by atoms with Gasteiger partial charge in [0.25, 0.3) is 10.1 Å². The summed E-state index contributed by atoms with van der Waals surface area (Å²) in [7, 11) is -18.6. The van der Waals surface area contributed by atoms with Crippen molar-refractivity contribution in [2.75, 3.05) is 43.6 Å². The van der Waals surface area contributed by atoms with E-state index in [9.17, 15) is 53.2 Å². The second-order valence-corrected chi connectivity index (χ2v) is 20.2. The van der Waals surface area contributed by atoms with Gasteiger partial charge in [-0.3, -0.25) is 13.7 Å². The molecule has 0 unspecified atom stereocenters. The first-order chi connectivity index (χ1) is 33.3. The zero-order chi connectivity index (χ0) is 52.3. The number of carbonyl (C=O) groups is 1. The molecule has 0 aliphatic heterocycles. The lowest BCUT2D eigenvalue weighted by molar-refractivity contribution is 0.0698. The molecular formula is C40H42N10O17S4. The number of aryl methyl sites for hydroxylation is 3. The molecular weight excluding hydrogens is 1020 g/mol. The minimum absolute atomic E-state index is 0.0247. The van der Waals surface area contributed by atoms with Crippen LogP contribution in [0, 0.1) is 13.8 Å². The van der Waals surface area contributed by atoms with Gasteiger partial charge in [0.15, 0.2) is 9.84 Å². The van der Waals surface area contributed by atoms with Gasteiger partial charge in [-0.15, -0.1) is 25.6 Å². The van der Waals surface area contributed by atoms with Crippen LogP contribution in [-0.4, -0.2) is 95.7 Å². The minimum atomic E-state index is -4.89. The van der Waals surface area contributed by atoms with Gasteiger partial charge < -0.3 is 26.4 Å². The van der Waals surface area contributed by atoms with Crippen molar-refractivity contribution in [2.24, 2.45) is 40.9 Å². The van der Waals surface area contributed by atoms with Gasteiger partial charge in [0.05, 0.1) is 58.9 Å². The fraction of sp³-hybridized carbons (Fsp3) is 0.225. The highest BCUT2D eigenvalue weighted by Gasteiger charge is 2.27. The van der Waals surface area contributed by atoms with E-state index in [4.69, 9.17) is 25.3 Å². The van der Waals surface area contributed by atoms with Gasteiger partial charge in [-0.25, -0.2) is 21.6 Å². The van der Waals surface area contributed by atoms with Crippen LogP contribution in [0.25, 0.3) is 0 Å². The van der Waals surface area contributed by atoms with Crippen molar-refractivity contribution < 1.29 is 75.4 Å². The summed E-state index contributed by atoms with van der Waals surface area (Å²) in [4.78, 5) is 12.1. The lowest BCUT2D eigenvalue weighted by atomic mass is 10.1. The number of benzene rings is 5. The second-order valence-electron chi connectivity index (χ2n) is 14.6. The molecule has 378 valence electrons. The molecule has 0 atom stereocenters. The molecule has 0 saturated carbocycles. The van der Waals surface area contributed by atoms with Gasteiger partial charge in [-0.1, -0.05) is 23.8 Å². The number of ether oxygens (including phenoxy) is 1. The molecule has 0 saturated heterocycles. The Hall–Kier alpha value is -7.07. The van der Waals surface area contributed by atoms with Crippen LogP contribution in [-0.2, 0) is 55.5 Å². The van der Waals surface area contributed by atoms with E-state index in [0.717, 1.165) is 23.8 Å². The van der Waals surface area contributed by atoms with Crippen LogP contribution in [0.4, 0.5) is 56.9 Å². The van der Waals surface area contributed by atoms with Crippen molar-refractivity contribution in [3.05, 3.63) is 101 Å². The molecule has 0 fully saturated rings. The summed E-state index contributed by atoms with van der Waals surface area (Å²) < 4.78 is 135. The molecule has 0 bridgehead atoms. The highest BCUT2D eigenvalue weighted by atomic mass is 32.3. The van der Waals surface area contributed by atoms with Crippen molar-refractivity contribution in [3.8, 4) is 5.75 Å². The van der Waals surface area contributed by atoms with Crippen molar-refractivity contribution in [3.63, 3.8) is 0 Å². The Balaban J connectivity index is 1.57. The van der Waals surface area contributed by atoms with E-state index in [-0.39, 0.29) is 58.5 Å². The first-order valence-electron chi connectivity index (χ1n) is 20.0. The summed E-state index contributed by atoms with van der Waals surface area (Å²) in [5.74, 6) is -2.60.